The summed E-state index contributed by atoms with van der Waals surface area (Å²) < 4.78 is 19.9. The Labute approximate surface area is 211 Å². The maximum Gasteiger partial charge on any atom is 0.259 e. The lowest BCUT2D eigenvalue weighted by Gasteiger charge is -2.37. The first-order valence-electron chi connectivity index (χ1n) is 11.8. The minimum absolute atomic E-state index is 0.149. The lowest BCUT2D eigenvalue weighted by Crippen LogP contribution is -2.50. The number of amides is 2. The van der Waals surface area contributed by atoms with Gasteiger partial charge in [0.1, 0.15) is 17.5 Å². The number of hydrogen-bond acceptors (Lipinski definition) is 6. The van der Waals surface area contributed by atoms with E-state index in [4.69, 9.17) is 4.74 Å². The van der Waals surface area contributed by atoms with Crippen molar-refractivity contribution < 1.29 is 23.8 Å². The van der Waals surface area contributed by atoms with Crippen molar-refractivity contribution >= 4 is 11.8 Å². The number of ether oxygens (including phenoxy) is 1. The number of hydrogen-bond donors (Lipinski definition) is 1. The van der Waals surface area contributed by atoms with Crippen LogP contribution in [0.15, 0.2) is 36.5 Å². The molecule has 0 aliphatic carbocycles. The van der Waals surface area contributed by atoms with Crippen LogP contribution in [0.25, 0.3) is 0 Å². The molecule has 3 rings (SSSR count). The predicted octanol–water partition coefficient (Wildman–Crippen LogP) is 2.13. The number of aliphatic hydroxyl groups excluding tert-OH is 1. The standard InChI is InChI=1S/C27H33FN4O4/c1-18-15-32(19(2)17-33)27(35)23-12-20(8-7-11-30(3)4)14-29-25(23)36-24(18)16-31(5)26(34)21-9-6-10-22(28)13-21/h6,9-10,12-14,18-19,24,33H,11,15-17H2,1-5H3/t18-,19-,24-/m0/s1. The maximum atomic E-state index is 13.6. The first kappa shape index (κ1) is 27.1. The van der Waals surface area contributed by atoms with E-state index in [-0.39, 0.29) is 47.9 Å². The number of carbonyl (C=O) groups is 2. The Hall–Kier alpha value is -3.48. The summed E-state index contributed by atoms with van der Waals surface area (Å²) in [4.78, 5) is 35.8. The van der Waals surface area contributed by atoms with Crippen molar-refractivity contribution in [2.45, 2.75) is 26.0 Å². The van der Waals surface area contributed by atoms with Crippen LogP contribution in [0.3, 0.4) is 0 Å². The van der Waals surface area contributed by atoms with E-state index in [1.165, 1.54) is 23.1 Å². The average Bonchev–Trinajstić information content (AvgIpc) is 2.85. The van der Waals surface area contributed by atoms with Crippen LogP contribution in [0.2, 0.25) is 0 Å². The Bertz CT molecular complexity index is 1160. The van der Waals surface area contributed by atoms with Gasteiger partial charge in [-0.3, -0.25) is 14.5 Å². The number of nitrogens with zero attached hydrogens (tertiary/aromatic N) is 4. The summed E-state index contributed by atoms with van der Waals surface area (Å²) >= 11 is 0. The van der Waals surface area contributed by atoms with E-state index >= 15 is 0 Å². The number of benzene rings is 1. The Morgan fingerprint density at radius 1 is 1.33 bits per heavy atom. The molecule has 1 aromatic carbocycles. The normalized spacial score (nSPS) is 18.3. The molecular formula is C27H33FN4O4. The van der Waals surface area contributed by atoms with Crippen molar-refractivity contribution in [2.75, 3.05) is 47.4 Å². The van der Waals surface area contributed by atoms with Crippen LogP contribution in [-0.4, -0.2) is 96.1 Å². The van der Waals surface area contributed by atoms with Crippen molar-refractivity contribution in [3.05, 3.63) is 59.0 Å². The molecule has 3 atom stereocenters. The van der Waals surface area contributed by atoms with Gasteiger partial charge in [-0.05, 0) is 45.3 Å². The molecule has 0 unspecified atom stereocenters. The zero-order chi connectivity index (χ0) is 26.4. The molecule has 0 radical (unpaired) electrons. The highest BCUT2D eigenvalue weighted by Crippen LogP contribution is 2.27. The van der Waals surface area contributed by atoms with Gasteiger partial charge >= 0.3 is 0 Å². The van der Waals surface area contributed by atoms with Crippen LogP contribution in [0.1, 0.15) is 40.1 Å². The quantitative estimate of drug-likeness (QED) is 0.617. The Morgan fingerprint density at radius 3 is 2.75 bits per heavy atom. The summed E-state index contributed by atoms with van der Waals surface area (Å²) in [5.41, 5.74) is 1.07. The van der Waals surface area contributed by atoms with Gasteiger partial charge in [0.2, 0.25) is 5.88 Å². The first-order valence-corrected chi connectivity index (χ1v) is 11.8. The number of fused-ring (bicyclic) bond motifs is 1. The molecule has 0 fully saturated rings. The van der Waals surface area contributed by atoms with E-state index in [9.17, 15) is 19.1 Å². The van der Waals surface area contributed by atoms with E-state index in [0.29, 0.717) is 18.7 Å². The highest BCUT2D eigenvalue weighted by atomic mass is 19.1. The van der Waals surface area contributed by atoms with Gasteiger partial charge < -0.3 is 19.6 Å². The number of aliphatic hydroxyl groups is 1. The van der Waals surface area contributed by atoms with Crippen molar-refractivity contribution in [1.82, 2.24) is 19.7 Å². The fourth-order valence-corrected chi connectivity index (χ4v) is 3.88. The van der Waals surface area contributed by atoms with Crippen molar-refractivity contribution in [2.24, 2.45) is 5.92 Å². The molecular weight excluding hydrogens is 463 g/mol. The summed E-state index contributed by atoms with van der Waals surface area (Å²) in [6.07, 6.45) is 1.05. The van der Waals surface area contributed by atoms with Gasteiger partial charge in [-0.1, -0.05) is 24.8 Å². The number of carbonyl (C=O) groups excluding carboxylic acids is 2. The molecule has 2 heterocycles. The zero-order valence-electron chi connectivity index (χ0n) is 21.4. The van der Waals surface area contributed by atoms with E-state index in [2.05, 4.69) is 16.8 Å². The number of likely N-dealkylation sites (N-methyl/N-ethyl adjacent to an activating group) is 1. The third kappa shape index (κ3) is 6.59. The first-order chi connectivity index (χ1) is 17.1. The van der Waals surface area contributed by atoms with Crippen LogP contribution in [-0.2, 0) is 0 Å². The summed E-state index contributed by atoms with van der Waals surface area (Å²) in [5.74, 6) is 4.87. The SMILES string of the molecule is C[C@H]1CN([C@@H](C)CO)C(=O)c2cc(C#CCN(C)C)cnc2O[C@H]1CN(C)C(=O)c1cccc(F)c1. The van der Waals surface area contributed by atoms with Crippen LogP contribution in [0.4, 0.5) is 4.39 Å². The minimum Gasteiger partial charge on any atom is -0.472 e. The Kier molecular flexibility index (Phi) is 9.02. The Morgan fingerprint density at radius 2 is 2.08 bits per heavy atom. The molecule has 0 bridgehead atoms. The number of pyridine rings is 1. The van der Waals surface area contributed by atoms with Gasteiger partial charge in [0.05, 0.1) is 25.7 Å². The number of halogens is 1. The highest BCUT2D eigenvalue weighted by molar-refractivity contribution is 5.97. The lowest BCUT2D eigenvalue weighted by molar-refractivity contribution is 0.0313. The third-order valence-electron chi connectivity index (χ3n) is 6.02. The largest absolute Gasteiger partial charge is 0.472 e. The molecule has 2 aromatic rings. The molecule has 1 N–H and O–H groups in total. The van der Waals surface area contributed by atoms with Crippen LogP contribution >= 0.6 is 0 Å². The smallest absolute Gasteiger partial charge is 0.259 e. The molecule has 2 amide bonds. The van der Waals surface area contributed by atoms with Gasteiger partial charge in [0, 0.05) is 36.8 Å². The second-order valence-corrected chi connectivity index (χ2v) is 9.43. The topological polar surface area (TPSA) is 86.2 Å². The minimum atomic E-state index is -0.508. The van der Waals surface area contributed by atoms with E-state index in [1.807, 2.05) is 25.9 Å². The molecule has 0 spiro atoms. The fourth-order valence-electron chi connectivity index (χ4n) is 3.88. The molecule has 36 heavy (non-hydrogen) atoms. The van der Waals surface area contributed by atoms with E-state index in [0.717, 1.165) is 0 Å². The van der Waals surface area contributed by atoms with Crippen molar-refractivity contribution in [1.29, 1.82) is 0 Å². The van der Waals surface area contributed by atoms with Gasteiger partial charge in [-0.15, -0.1) is 0 Å². The fraction of sp³-hybridized carbons (Fsp3) is 0.444. The molecule has 0 saturated carbocycles. The van der Waals surface area contributed by atoms with E-state index < -0.39 is 18.0 Å². The molecule has 8 nitrogen and oxygen atoms in total. The summed E-state index contributed by atoms with van der Waals surface area (Å²) in [5, 5.41) is 9.81. The second-order valence-electron chi connectivity index (χ2n) is 9.43. The van der Waals surface area contributed by atoms with E-state index in [1.54, 1.807) is 37.2 Å². The molecule has 1 aromatic heterocycles. The monoisotopic (exact) mass is 496 g/mol. The lowest BCUT2D eigenvalue weighted by atomic mass is 9.99. The average molecular weight is 497 g/mol. The summed E-state index contributed by atoms with van der Waals surface area (Å²) in [7, 11) is 5.45. The predicted molar refractivity (Wildman–Crippen MR) is 134 cm³/mol. The van der Waals surface area contributed by atoms with Crippen molar-refractivity contribution in [3.63, 3.8) is 0 Å². The van der Waals surface area contributed by atoms with Crippen LogP contribution in [0.5, 0.6) is 5.88 Å². The molecule has 9 heteroatoms. The van der Waals surface area contributed by atoms with Gasteiger partial charge in [-0.2, -0.15) is 0 Å². The third-order valence-corrected chi connectivity index (χ3v) is 6.02. The van der Waals surface area contributed by atoms with Crippen LogP contribution < -0.4 is 4.74 Å². The summed E-state index contributed by atoms with van der Waals surface area (Å²) in [6.45, 7) is 4.55. The van der Waals surface area contributed by atoms with Gasteiger partial charge in [0.15, 0.2) is 0 Å². The Balaban J connectivity index is 1.93. The highest BCUT2D eigenvalue weighted by Gasteiger charge is 2.34. The van der Waals surface area contributed by atoms with Crippen molar-refractivity contribution in [3.8, 4) is 17.7 Å². The molecule has 0 saturated heterocycles. The zero-order valence-corrected chi connectivity index (χ0v) is 21.4. The summed E-state index contributed by atoms with van der Waals surface area (Å²) in [6, 6.07) is 6.75. The van der Waals surface area contributed by atoms with Gasteiger partial charge in [-0.25, -0.2) is 9.37 Å². The number of rotatable bonds is 6. The number of aromatic nitrogens is 1. The molecule has 192 valence electrons. The maximum absolute atomic E-state index is 13.6. The molecule has 1 aliphatic rings. The van der Waals surface area contributed by atoms with Crippen LogP contribution in [0, 0.1) is 23.6 Å². The van der Waals surface area contributed by atoms with Gasteiger partial charge in [0.25, 0.3) is 11.8 Å². The second kappa shape index (κ2) is 12.0. The molecule has 1 aliphatic heterocycles.